The van der Waals surface area contributed by atoms with Crippen molar-refractivity contribution < 1.29 is 89.4 Å². The summed E-state index contributed by atoms with van der Waals surface area (Å²) in [5, 5.41) is 120. The Hall–Kier alpha value is -1.99. The maximum Gasteiger partial charge on any atom is 0.220 e. The maximum absolute atomic E-state index is 13.4. The van der Waals surface area contributed by atoms with E-state index in [0.717, 1.165) is 83.5 Å². The van der Waals surface area contributed by atoms with Crippen LogP contribution in [0.2, 0.25) is 0 Å². The molecule has 3 rings (SSSR count). The third kappa shape index (κ3) is 30.2. The summed E-state index contributed by atoms with van der Waals surface area (Å²) in [5.41, 5.74) is 0. The van der Waals surface area contributed by atoms with Crippen LogP contribution in [0, 0.1) is 0 Å². The lowest BCUT2D eigenvalue weighted by Crippen LogP contribution is -2.66. The maximum atomic E-state index is 13.4. The van der Waals surface area contributed by atoms with Gasteiger partial charge in [-0.25, -0.2) is 0 Å². The first-order valence-corrected chi connectivity index (χ1v) is 32.7. The summed E-state index contributed by atoms with van der Waals surface area (Å²) in [7, 11) is 0. The van der Waals surface area contributed by atoms with Crippen molar-refractivity contribution in [3.63, 3.8) is 0 Å². The zero-order valence-corrected chi connectivity index (χ0v) is 50.9. The van der Waals surface area contributed by atoms with Crippen molar-refractivity contribution in [1.82, 2.24) is 5.32 Å². The topological polar surface area (TPSA) is 307 Å². The van der Waals surface area contributed by atoms with E-state index in [1.807, 2.05) is 6.08 Å². The first-order valence-electron chi connectivity index (χ1n) is 32.7. The van der Waals surface area contributed by atoms with Gasteiger partial charge in [0.2, 0.25) is 5.91 Å². The van der Waals surface area contributed by atoms with Gasteiger partial charge in [-0.05, 0) is 51.4 Å². The van der Waals surface area contributed by atoms with E-state index in [-0.39, 0.29) is 18.9 Å². The molecule has 17 unspecified atom stereocenters. The van der Waals surface area contributed by atoms with E-state index >= 15 is 0 Å². The van der Waals surface area contributed by atoms with Gasteiger partial charge < -0.3 is 89.9 Å². The third-order valence-corrected chi connectivity index (χ3v) is 16.4. The quantitative estimate of drug-likeness (QED) is 0.0211. The van der Waals surface area contributed by atoms with E-state index < -0.39 is 124 Å². The average Bonchev–Trinajstić information content (AvgIpc) is 3.35. The van der Waals surface area contributed by atoms with Crippen molar-refractivity contribution in [2.45, 2.75) is 336 Å². The Morgan fingerprint density at radius 2 is 0.795 bits per heavy atom. The first-order chi connectivity index (χ1) is 40.3. The molecule has 12 N–H and O–H groups in total. The summed E-state index contributed by atoms with van der Waals surface area (Å²) in [6.45, 7) is 1.71. The zero-order chi connectivity index (χ0) is 60.5. The van der Waals surface area contributed by atoms with Crippen LogP contribution in [0.4, 0.5) is 0 Å². The lowest BCUT2D eigenvalue weighted by molar-refractivity contribution is -0.379. The van der Waals surface area contributed by atoms with E-state index in [1.165, 1.54) is 122 Å². The second-order valence-corrected chi connectivity index (χ2v) is 23.6. The monoisotopic (exact) mass is 1190 g/mol. The Morgan fingerprint density at radius 1 is 0.434 bits per heavy atom. The minimum Gasteiger partial charge on any atom is -0.394 e. The Kier molecular flexibility index (Phi) is 42.7. The van der Waals surface area contributed by atoms with E-state index in [4.69, 9.17) is 28.4 Å². The average molecular weight is 1190 g/mol. The lowest BCUT2D eigenvalue weighted by Gasteiger charge is -2.48. The first kappa shape index (κ1) is 75.3. The number of rotatable bonds is 49. The van der Waals surface area contributed by atoms with Crippen LogP contribution in [0.5, 0.6) is 0 Å². The molecule has 0 aromatic rings. The number of nitrogens with one attached hydrogen (secondary N) is 1. The molecular formula is C64H117NO18. The lowest BCUT2D eigenvalue weighted by atomic mass is 9.96. The second-order valence-electron chi connectivity index (χ2n) is 23.6. The van der Waals surface area contributed by atoms with Gasteiger partial charge in [0.25, 0.3) is 0 Å². The van der Waals surface area contributed by atoms with E-state index in [0.29, 0.717) is 6.42 Å². The van der Waals surface area contributed by atoms with Gasteiger partial charge in [-0.15, -0.1) is 0 Å². The molecule has 0 aromatic heterocycles. The van der Waals surface area contributed by atoms with Gasteiger partial charge in [0.1, 0.15) is 73.2 Å². The van der Waals surface area contributed by atoms with Gasteiger partial charge in [0, 0.05) is 6.42 Å². The predicted molar refractivity (Wildman–Crippen MR) is 319 cm³/mol. The number of allylic oxidation sites excluding steroid dienone is 5. The Balaban J connectivity index is 1.48. The summed E-state index contributed by atoms with van der Waals surface area (Å²) >= 11 is 0. The molecule has 3 heterocycles. The molecular weight excluding hydrogens is 1070 g/mol. The van der Waals surface area contributed by atoms with Crippen molar-refractivity contribution in [2.24, 2.45) is 0 Å². The molecule has 486 valence electrons. The van der Waals surface area contributed by atoms with E-state index in [1.54, 1.807) is 6.08 Å². The molecule has 3 aliphatic heterocycles. The van der Waals surface area contributed by atoms with Crippen LogP contribution in [0.25, 0.3) is 0 Å². The van der Waals surface area contributed by atoms with Gasteiger partial charge in [-0.2, -0.15) is 0 Å². The highest BCUT2D eigenvalue weighted by atomic mass is 16.8. The number of ether oxygens (including phenoxy) is 6. The molecule has 1 amide bonds. The normalized spacial score (nSPS) is 29.6. The van der Waals surface area contributed by atoms with Crippen molar-refractivity contribution in [3.05, 3.63) is 36.5 Å². The number of hydrogen-bond acceptors (Lipinski definition) is 18. The van der Waals surface area contributed by atoms with Crippen molar-refractivity contribution >= 4 is 5.91 Å². The second kappa shape index (κ2) is 47.1. The number of aliphatic hydroxyl groups is 11. The molecule has 0 radical (unpaired) electrons. The molecule has 0 saturated carbocycles. The van der Waals surface area contributed by atoms with Gasteiger partial charge in [-0.1, -0.05) is 211 Å². The largest absolute Gasteiger partial charge is 0.394 e. The molecule has 3 aliphatic rings. The van der Waals surface area contributed by atoms with Crippen LogP contribution in [0.3, 0.4) is 0 Å². The van der Waals surface area contributed by atoms with Crippen LogP contribution in [0.15, 0.2) is 36.5 Å². The van der Waals surface area contributed by atoms with Crippen molar-refractivity contribution in [2.75, 3.05) is 26.4 Å². The van der Waals surface area contributed by atoms with Gasteiger partial charge in [0.05, 0.1) is 38.6 Å². The Labute approximate surface area is 498 Å². The summed E-state index contributed by atoms with van der Waals surface area (Å²) in [5.74, 6) is -0.283. The standard InChI is InChI=1S/C64H117NO18/c1-3-5-7-9-11-13-15-17-19-21-22-23-24-26-27-29-31-33-35-37-39-41-48(69)47(65-52(70)42-40-38-36-34-32-30-28-25-20-18-16-14-12-10-8-6-4-2)46-78-62-58(76)55(73)60(50(44-67)80-62)83-64-59(77)56(74)61(51(45-68)81-64)82-63-57(75)54(72)53(71)49(43-66)79-63/h12,14,18,20,39,41,47-51,53-64,66-69,71-77H,3-11,13,15-17,19,21-38,40,42-46H2,1-2H3,(H,65,70)/b14-12-,20-18-,41-39+. The fraction of sp³-hybridized carbons (Fsp3) is 0.891. The molecule has 17 atom stereocenters. The minimum absolute atomic E-state index is 0.235. The number of carbonyl (C=O) groups is 1. The third-order valence-electron chi connectivity index (χ3n) is 16.4. The molecule has 3 saturated heterocycles. The zero-order valence-electron chi connectivity index (χ0n) is 50.9. The minimum atomic E-state index is -1.98. The molecule has 0 aromatic carbocycles. The fourth-order valence-corrected chi connectivity index (χ4v) is 11.0. The summed E-state index contributed by atoms with van der Waals surface area (Å²) in [6, 6.07) is -0.977. The van der Waals surface area contributed by atoms with Crippen LogP contribution < -0.4 is 5.32 Å². The van der Waals surface area contributed by atoms with Crippen molar-refractivity contribution in [1.29, 1.82) is 0 Å². The molecule has 19 nitrogen and oxygen atoms in total. The van der Waals surface area contributed by atoms with Crippen LogP contribution in [-0.2, 0) is 33.2 Å². The Bertz CT molecular complexity index is 1660. The number of amides is 1. The molecule has 19 heteroatoms. The highest BCUT2D eigenvalue weighted by Crippen LogP contribution is 2.33. The number of unbranched alkanes of at least 4 members (excludes halogenated alkanes) is 29. The van der Waals surface area contributed by atoms with Crippen LogP contribution >= 0.6 is 0 Å². The molecule has 83 heavy (non-hydrogen) atoms. The fourth-order valence-electron chi connectivity index (χ4n) is 11.0. The van der Waals surface area contributed by atoms with Gasteiger partial charge in [0.15, 0.2) is 18.9 Å². The van der Waals surface area contributed by atoms with Gasteiger partial charge >= 0.3 is 0 Å². The van der Waals surface area contributed by atoms with Gasteiger partial charge in [-0.3, -0.25) is 4.79 Å². The highest BCUT2D eigenvalue weighted by molar-refractivity contribution is 5.76. The number of aliphatic hydroxyl groups excluding tert-OH is 11. The predicted octanol–water partition coefficient (Wildman–Crippen LogP) is 7.27. The van der Waals surface area contributed by atoms with E-state index in [9.17, 15) is 61.0 Å². The molecule has 0 spiro atoms. The van der Waals surface area contributed by atoms with E-state index in [2.05, 4.69) is 43.5 Å². The SMILES string of the molecule is CCCCC/C=C\C/C=C\CCCCCCCCCC(=O)NC(COC1OC(CO)C(OC2OC(CO)C(OC3OC(CO)C(O)C(O)C3O)C(O)C2O)C(O)C1O)C(O)/C=C/CCCCCCCCCCCCCCCCCCCCC. The van der Waals surface area contributed by atoms with Crippen LogP contribution in [0.1, 0.15) is 232 Å². The summed E-state index contributed by atoms with van der Waals surface area (Å²) in [6.07, 6.45) is 25.4. The molecule has 0 bridgehead atoms. The highest BCUT2D eigenvalue weighted by Gasteiger charge is 2.53. The number of carbonyl (C=O) groups excluding carboxylic acids is 1. The van der Waals surface area contributed by atoms with Crippen molar-refractivity contribution in [3.8, 4) is 0 Å². The molecule has 0 aliphatic carbocycles. The Morgan fingerprint density at radius 3 is 1.25 bits per heavy atom. The number of hydrogen-bond donors (Lipinski definition) is 12. The molecule has 3 fully saturated rings. The summed E-state index contributed by atoms with van der Waals surface area (Å²) < 4.78 is 34.3. The van der Waals surface area contributed by atoms with Crippen LogP contribution in [-0.4, -0.2) is 193 Å². The smallest absolute Gasteiger partial charge is 0.220 e. The summed E-state index contributed by atoms with van der Waals surface area (Å²) in [4.78, 5) is 13.4.